The van der Waals surface area contributed by atoms with Crippen molar-refractivity contribution in [2.75, 3.05) is 48.5 Å². The minimum Gasteiger partial charge on any atom is -0.493 e. The van der Waals surface area contributed by atoms with Crippen molar-refractivity contribution in [1.82, 2.24) is 9.80 Å². The molecule has 0 aliphatic carbocycles. The Balaban J connectivity index is 1.42. The third kappa shape index (κ3) is 7.15. The van der Waals surface area contributed by atoms with E-state index >= 15 is 0 Å². The first-order chi connectivity index (χ1) is 27.6. The Kier molecular flexibility index (Phi) is 10.6. The number of hydrogen-bond donors (Lipinski definition) is 0. The first-order valence-electron chi connectivity index (χ1n) is 18.7. The maximum absolute atomic E-state index is 13.9. The highest BCUT2D eigenvalue weighted by Crippen LogP contribution is 2.56. The molecular formula is C44H42BrN3O9. The fourth-order valence-electron chi connectivity index (χ4n) is 8.20. The fourth-order valence-corrected chi connectivity index (χ4v) is 8.96. The topological polar surface area (TPSA) is 122 Å². The fraction of sp³-hybridized carbons (Fsp3) is 0.295. The predicted molar refractivity (Wildman–Crippen MR) is 217 cm³/mol. The van der Waals surface area contributed by atoms with Gasteiger partial charge >= 0.3 is 5.97 Å². The Morgan fingerprint density at radius 3 is 2.18 bits per heavy atom. The summed E-state index contributed by atoms with van der Waals surface area (Å²) in [6, 6.07) is 23.2. The highest BCUT2D eigenvalue weighted by molar-refractivity contribution is 9.10. The van der Waals surface area contributed by atoms with Crippen LogP contribution in [0.2, 0.25) is 0 Å². The molecule has 0 saturated heterocycles. The van der Waals surface area contributed by atoms with Crippen LogP contribution in [0.1, 0.15) is 55.8 Å². The molecule has 0 unspecified atom stereocenters. The molecule has 0 spiro atoms. The molecule has 9 rings (SSSR count). The predicted octanol–water partition coefficient (Wildman–Crippen LogP) is 9.04. The Morgan fingerprint density at radius 2 is 1.47 bits per heavy atom. The number of methoxy groups -OCH3 is 3. The number of ether oxygens (including phenoxy) is 6. The lowest BCUT2D eigenvalue weighted by molar-refractivity contribution is -0.385. The molecule has 0 saturated carbocycles. The summed E-state index contributed by atoms with van der Waals surface area (Å²) in [6.07, 6.45) is 2.26. The molecule has 0 radical (unpaired) electrons. The van der Waals surface area contributed by atoms with E-state index in [1.807, 2.05) is 49.5 Å². The number of halogens is 1. The van der Waals surface area contributed by atoms with Crippen molar-refractivity contribution >= 4 is 27.6 Å². The molecule has 294 valence electrons. The van der Waals surface area contributed by atoms with Crippen LogP contribution in [0.3, 0.4) is 0 Å². The second-order valence-corrected chi connectivity index (χ2v) is 15.3. The van der Waals surface area contributed by atoms with Gasteiger partial charge in [0.25, 0.3) is 5.69 Å². The highest BCUT2D eigenvalue weighted by atomic mass is 79.9. The average molecular weight is 837 g/mol. The van der Waals surface area contributed by atoms with Crippen LogP contribution in [-0.2, 0) is 25.7 Å². The van der Waals surface area contributed by atoms with Crippen molar-refractivity contribution in [2.24, 2.45) is 0 Å². The van der Waals surface area contributed by atoms with E-state index in [2.05, 4.69) is 32.8 Å². The molecule has 13 heteroatoms. The smallest absolute Gasteiger partial charge is 0.343 e. The van der Waals surface area contributed by atoms with Crippen molar-refractivity contribution in [1.29, 1.82) is 0 Å². The Hall–Kier alpha value is -5.63. The van der Waals surface area contributed by atoms with E-state index in [4.69, 9.17) is 28.4 Å². The first kappa shape index (κ1) is 38.3. The number of hydrogen-bond acceptors (Lipinski definition) is 11. The van der Waals surface area contributed by atoms with Crippen molar-refractivity contribution in [2.45, 2.75) is 37.8 Å². The van der Waals surface area contributed by atoms with E-state index in [-0.39, 0.29) is 41.1 Å². The molecule has 0 aromatic heterocycles. The van der Waals surface area contributed by atoms with Crippen LogP contribution in [0.4, 0.5) is 5.69 Å². The molecule has 5 aromatic rings. The number of rotatable bonds is 6. The SMILES string of the molecule is COc1cc([N+](=O)[O-])c2cc1Oc1ccc(cc1)C[C@H]1c3cc(c(OC)cc3CCN1C)Oc1c(OC(=O)c3ccccc3)c(OC)c(Br)c3c1[C@H](C2)N(C)CC3. The van der Waals surface area contributed by atoms with Gasteiger partial charge in [-0.2, -0.15) is 0 Å². The van der Waals surface area contributed by atoms with E-state index in [1.165, 1.54) is 20.3 Å². The summed E-state index contributed by atoms with van der Waals surface area (Å²) in [7, 11) is 8.67. The van der Waals surface area contributed by atoms with Crippen molar-refractivity contribution in [3.63, 3.8) is 0 Å². The van der Waals surface area contributed by atoms with Crippen LogP contribution in [0.15, 0.2) is 83.3 Å². The van der Waals surface area contributed by atoms with Crippen LogP contribution in [0.5, 0.6) is 46.0 Å². The molecule has 6 bridgehead atoms. The van der Waals surface area contributed by atoms with Crippen LogP contribution in [-0.4, -0.2) is 69.2 Å². The lowest BCUT2D eigenvalue weighted by atomic mass is 9.86. The van der Waals surface area contributed by atoms with Gasteiger partial charge in [0, 0.05) is 36.3 Å². The molecule has 0 N–H and O–H groups in total. The second-order valence-electron chi connectivity index (χ2n) is 14.5. The van der Waals surface area contributed by atoms with Gasteiger partial charge in [-0.1, -0.05) is 30.3 Å². The van der Waals surface area contributed by atoms with Crippen molar-refractivity contribution in [3.05, 3.63) is 132 Å². The number of nitro benzene ring substituents is 1. The molecule has 57 heavy (non-hydrogen) atoms. The standard InChI is InChI=1S/C44H42BrN3O9/c1-46-17-15-27-21-35(52-3)38-23-31(27)33(46)19-25-11-13-29(14-12-25)55-37-22-28(32(48(50)51)24-36(37)53-4)20-34-39-30(16-18-47(34)2)40(45)42(54-5)43(41(39)56-38)57-44(49)26-9-7-6-8-10-26/h6-14,21-24,33-34H,15-20H2,1-5H3/t33-,34-/m0/s1. The number of benzene rings is 5. The van der Waals surface area contributed by atoms with E-state index in [1.54, 1.807) is 37.4 Å². The summed E-state index contributed by atoms with van der Waals surface area (Å²) in [5, 5.41) is 12.7. The van der Waals surface area contributed by atoms with Gasteiger partial charge in [0.05, 0.1) is 42.4 Å². The number of nitro groups is 1. The monoisotopic (exact) mass is 835 g/mol. The molecule has 2 atom stereocenters. The summed E-state index contributed by atoms with van der Waals surface area (Å²) in [5.41, 5.74) is 5.50. The molecular weight excluding hydrogens is 794 g/mol. The van der Waals surface area contributed by atoms with Crippen molar-refractivity contribution < 1.29 is 38.1 Å². The quantitative estimate of drug-likeness (QED) is 0.0705. The van der Waals surface area contributed by atoms with Gasteiger partial charge < -0.3 is 28.4 Å². The van der Waals surface area contributed by atoms with Crippen molar-refractivity contribution in [3.8, 4) is 46.0 Å². The average Bonchev–Trinajstić information content (AvgIpc) is 3.21. The van der Waals surface area contributed by atoms with Crippen LogP contribution >= 0.6 is 15.9 Å². The maximum Gasteiger partial charge on any atom is 0.343 e. The number of carbonyl (C=O) groups excluding carboxylic acids is 1. The van der Waals surface area contributed by atoms with E-state index in [0.29, 0.717) is 63.5 Å². The number of esters is 1. The van der Waals surface area contributed by atoms with Gasteiger partial charge in [-0.25, -0.2) is 4.79 Å². The largest absolute Gasteiger partial charge is 0.493 e. The Morgan fingerprint density at radius 1 is 0.789 bits per heavy atom. The van der Waals surface area contributed by atoms with Gasteiger partial charge in [-0.15, -0.1) is 0 Å². The summed E-state index contributed by atoms with van der Waals surface area (Å²) < 4.78 is 38.1. The number of fused-ring (bicyclic) bond motifs is 2. The maximum atomic E-state index is 13.9. The van der Waals surface area contributed by atoms with Crippen LogP contribution in [0.25, 0.3) is 0 Å². The molecule has 0 amide bonds. The summed E-state index contributed by atoms with van der Waals surface area (Å²) in [4.78, 5) is 30.7. The third-order valence-electron chi connectivity index (χ3n) is 11.3. The number of likely N-dealkylation sites (N-methyl/N-ethyl adjacent to an activating group) is 2. The van der Waals surface area contributed by atoms with E-state index < -0.39 is 16.9 Å². The first-order valence-corrected chi connectivity index (χ1v) is 19.5. The summed E-state index contributed by atoms with van der Waals surface area (Å²) >= 11 is 3.82. The Labute approximate surface area is 339 Å². The van der Waals surface area contributed by atoms with Gasteiger partial charge in [0.15, 0.2) is 34.5 Å². The summed E-state index contributed by atoms with van der Waals surface area (Å²) in [5.74, 6) is 2.05. The lowest BCUT2D eigenvalue weighted by Crippen LogP contribution is -2.34. The Bertz CT molecular complexity index is 2370. The molecule has 0 fully saturated rings. The van der Waals surface area contributed by atoms with E-state index in [0.717, 1.165) is 35.2 Å². The number of carbonyl (C=O) groups is 1. The van der Waals surface area contributed by atoms with Gasteiger partial charge in [-0.3, -0.25) is 19.9 Å². The molecule has 4 aliphatic heterocycles. The van der Waals surface area contributed by atoms with Gasteiger partial charge in [-0.05, 0) is 120 Å². The summed E-state index contributed by atoms with van der Waals surface area (Å²) in [6.45, 7) is 1.47. The molecule has 4 heterocycles. The van der Waals surface area contributed by atoms with E-state index in [9.17, 15) is 14.9 Å². The molecule has 4 aliphatic rings. The lowest BCUT2D eigenvalue weighted by Gasteiger charge is -2.38. The zero-order valence-corrected chi connectivity index (χ0v) is 33.9. The minimum absolute atomic E-state index is 0.00705. The molecule has 5 aromatic carbocycles. The second kappa shape index (κ2) is 15.7. The zero-order chi connectivity index (χ0) is 40.0. The minimum atomic E-state index is -0.613. The van der Waals surface area contributed by atoms with Crippen LogP contribution in [0, 0.1) is 10.1 Å². The molecule has 12 nitrogen and oxygen atoms in total. The third-order valence-corrected chi connectivity index (χ3v) is 12.1. The van der Waals surface area contributed by atoms with Crippen LogP contribution < -0.4 is 28.4 Å². The van der Waals surface area contributed by atoms with Gasteiger partial charge in [0.1, 0.15) is 5.75 Å². The van der Waals surface area contributed by atoms with Gasteiger partial charge in [0.2, 0.25) is 5.75 Å². The zero-order valence-electron chi connectivity index (χ0n) is 32.3. The highest BCUT2D eigenvalue weighted by Gasteiger charge is 2.39. The number of nitrogens with zero attached hydrogens (tertiary/aromatic N) is 3. The normalized spacial score (nSPS) is 17.6.